The average Bonchev–Trinajstić information content (AvgIpc) is 3.34. The molecule has 4 nitrogen and oxygen atoms in total. The van der Waals surface area contributed by atoms with Gasteiger partial charge in [-0.25, -0.2) is 5.43 Å². The average molecular weight is 589 g/mol. The first-order valence-electron chi connectivity index (χ1n) is 10.2. The molecule has 2 aromatic rings. The molecule has 31 heavy (non-hydrogen) atoms. The number of fused-ring (bicyclic) bond motifs is 1. The third-order valence-electron chi connectivity index (χ3n) is 6.41. The number of rotatable bonds is 6. The van der Waals surface area contributed by atoms with Crippen molar-refractivity contribution < 1.29 is 9.53 Å². The zero-order valence-corrected chi connectivity index (χ0v) is 21.6. The fraction of sp³-hybridized carbons (Fsp3) is 0.391. The Balaban J connectivity index is 1.37. The van der Waals surface area contributed by atoms with E-state index in [9.17, 15) is 4.79 Å². The highest BCUT2D eigenvalue weighted by molar-refractivity contribution is 9.11. The van der Waals surface area contributed by atoms with Gasteiger partial charge in [0.25, 0.3) is 0 Å². The standard InChI is InChI=1S/C23H22Br2Cl2N2O2/c1-23-7-3-2-4-16(23)20(23)22(30)29-28-11-13-8-17(24)21(18(25)9-13)31-12-14-5-6-15(26)10-19(14)27/h5-6,8-11,16,20H,2-4,7,12H2,1H3,(H,29,30)/b28-11-/t16-,20+,23-/m0/s1. The molecule has 0 radical (unpaired) electrons. The summed E-state index contributed by atoms with van der Waals surface area (Å²) in [7, 11) is 0. The molecule has 8 heteroatoms. The van der Waals surface area contributed by atoms with Crippen molar-refractivity contribution in [3.63, 3.8) is 0 Å². The van der Waals surface area contributed by atoms with Crippen molar-refractivity contribution >= 4 is 67.2 Å². The Bertz CT molecular complexity index is 1020. The Labute approximate surface area is 209 Å². The minimum Gasteiger partial charge on any atom is -0.486 e. The van der Waals surface area contributed by atoms with Crippen molar-refractivity contribution in [2.24, 2.45) is 22.4 Å². The second-order valence-corrected chi connectivity index (χ2v) is 11.0. The van der Waals surface area contributed by atoms with Crippen molar-refractivity contribution in [2.45, 2.75) is 39.2 Å². The van der Waals surface area contributed by atoms with Gasteiger partial charge in [-0.1, -0.05) is 49.0 Å². The zero-order chi connectivity index (χ0) is 22.2. The van der Waals surface area contributed by atoms with Crippen LogP contribution >= 0.6 is 55.1 Å². The van der Waals surface area contributed by atoms with Crippen LogP contribution in [0.4, 0.5) is 0 Å². The molecule has 0 spiro atoms. The first-order chi connectivity index (χ1) is 14.8. The predicted molar refractivity (Wildman–Crippen MR) is 132 cm³/mol. The molecule has 164 valence electrons. The van der Waals surface area contributed by atoms with Crippen molar-refractivity contribution in [1.29, 1.82) is 0 Å². The molecule has 2 saturated carbocycles. The molecule has 2 aliphatic rings. The third kappa shape index (κ3) is 4.97. The van der Waals surface area contributed by atoms with Crippen molar-refractivity contribution in [2.75, 3.05) is 0 Å². The molecular weight excluding hydrogens is 567 g/mol. The number of ether oxygens (including phenoxy) is 1. The summed E-state index contributed by atoms with van der Waals surface area (Å²) in [5, 5.41) is 5.32. The molecule has 2 fully saturated rings. The lowest BCUT2D eigenvalue weighted by Crippen LogP contribution is -2.22. The minimum atomic E-state index is 0.0311. The summed E-state index contributed by atoms with van der Waals surface area (Å²) >= 11 is 19.3. The summed E-state index contributed by atoms with van der Waals surface area (Å²) in [4.78, 5) is 12.5. The number of benzene rings is 2. The summed E-state index contributed by atoms with van der Waals surface area (Å²) in [5.74, 6) is 1.30. The maximum atomic E-state index is 12.5. The van der Waals surface area contributed by atoms with Gasteiger partial charge < -0.3 is 4.74 Å². The lowest BCUT2D eigenvalue weighted by molar-refractivity contribution is -0.123. The third-order valence-corrected chi connectivity index (χ3v) is 8.17. The predicted octanol–water partition coefficient (Wildman–Crippen LogP) is 7.37. The fourth-order valence-electron chi connectivity index (χ4n) is 4.67. The highest BCUT2D eigenvalue weighted by atomic mass is 79.9. The zero-order valence-electron chi connectivity index (χ0n) is 16.9. The SMILES string of the molecule is C[C@]12CCCC[C@H]1[C@@H]2C(=O)N/N=C\c1cc(Br)c(OCc2ccc(Cl)cc2Cl)c(Br)c1. The minimum absolute atomic E-state index is 0.0311. The molecule has 1 amide bonds. The molecule has 3 atom stereocenters. The van der Waals surface area contributed by atoms with Crippen LogP contribution in [-0.2, 0) is 11.4 Å². The van der Waals surface area contributed by atoms with E-state index >= 15 is 0 Å². The second-order valence-electron chi connectivity index (χ2n) is 8.41. The number of nitrogens with one attached hydrogen (secondary N) is 1. The first kappa shape index (κ1) is 23.1. The van der Waals surface area contributed by atoms with Gasteiger partial charge in [0, 0.05) is 21.5 Å². The van der Waals surface area contributed by atoms with Crippen LogP contribution in [0, 0.1) is 17.3 Å². The molecule has 2 aliphatic carbocycles. The van der Waals surface area contributed by atoms with Crippen LogP contribution in [0.2, 0.25) is 10.0 Å². The summed E-state index contributed by atoms with van der Waals surface area (Å²) in [5.41, 5.74) is 4.57. The molecule has 4 rings (SSSR count). The number of carbonyl (C=O) groups excluding carboxylic acids is 1. The normalized spacial score (nSPS) is 24.7. The molecule has 0 heterocycles. The Kier molecular flexibility index (Phi) is 7.02. The van der Waals surface area contributed by atoms with Gasteiger partial charge in [0.15, 0.2) is 0 Å². The number of amides is 1. The van der Waals surface area contributed by atoms with E-state index in [-0.39, 0.29) is 17.2 Å². The van der Waals surface area contributed by atoms with E-state index in [0.29, 0.717) is 28.3 Å². The van der Waals surface area contributed by atoms with Gasteiger partial charge in [-0.3, -0.25) is 4.79 Å². The van der Waals surface area contributed by atoms with Crippen LogP contribution < -0.4 is 10.2 Å². The maximum absolute atomic E-state index is 12.5. The van der Waals surface area contributed by atoms with Gasteiger partial charge in [0.05, 0.1) is 15.2 Å². The molecule has 0 aromatic heterocycles. The number of carbonyl (C=O) groups is 1. The molecule has 0 bridgehead atoms. The van der Waals surface area contributed by atoms with Crippen molar-refractivity contribution in [1.82, 2.24) is 5.43 Å². The van der Waals surface area contributed by atoms with Gasteiger partial charge in [-0.2, -0.15) is 5.10 Å². The van der Waals surface area contributed by atoms with Crippen LogP contribution in [0.5, 0.6) is 5.75 Å². The van der Waals surface area contributed by atoms with E-state index in [4.69, 9.17) is 27.9 Å². The van der Waals surface area contributed by atoms with Gasteiger partial charge in [0.1, 0.15) is 12.4 Å². The molecule has 0 saturated heterocycles. The highest BCUT2D eigenvalue weighted by Gasteiger charge is 2.64. The Morgan fingerprint density at radius 1 is 1.26 bits per heavy atom. The highest BCUT2D eigenvalue weighted by Crippen LogP contribution is 2.66. The van der Waals surface area contributed by atoms with Crippen LogP contribution in [0.1, 0.15) is 43.7 Å². The van der Waals surface area contributed by atoms with Gasteiger partial charge in [-0.15, -0.1) is 0 Å². The summed E-state index contributed by atoms with van der Waals surface area (Å²) < 4.78 is 7.47. The van der Waals surface area contributed by atoms with E-state index in [0.717, 1.165) is 32.9 Å². The summed E-state index contributed by atoms with van der Waals surface area (Å²) in [6.45, 7) is 2.53. The van der Waals surface area contributed by atoms with Crippen molar-refractivity contribution in [3.8, 4) is 5.75 Å². The van der Waals surface area contributed by atoms with E-state index < -0.39 is 0 Å². The topological polar surface area (TPSA) is 50.7 Å². The molecule has 1 N–H and O–H groups in total. The number of nitrogens with zero attached hydrogens (tertiary/aromatic N) is 1. The summed E-state index contributed by atoms with van der Waals surface area (Å²) in [6.07, 6.45) is 6.39. The van der Waals surface area contributed by atoms with Crippen LogP contribution in [0.25, 0.3) is 0 Å². The van der Waals surface area contributed by atoms with Crippen LogP contribution in [0.3, 0.4) is 0 Å². The molecular formula is C23H22Br2Cl2N2O2. The number of hydrogen-bond acceptors (Lipinski definition) is 3. The summed E-state index contributed by atoms with van der Waals surface area (Å²) in [6, 6.07) is 9.08. The van der Waals surface area contributed by atoms with Crippen LogP contribution in [0.15, 0.2) is 44.4 Å². The fourth-order valence-corrected chi connectivity index (χ4v) is 6.58. The monoisotopic (exact) mass is 586 g/mol. The molecule has 0 aliphatic heterocycles. The van der Waals surface area contributed by atoms with Gasteiger partial charge in [0.2, 0.25) is 5.91 Å². The smallest absolute Gasteiger partial charge is 0.244 e. The lowest BCUT2D eigenvalue weighted by atomic mass is 9.90. The van der Waals surface area contributed by atoms with Gasteiger partial charge >= 0.3 is 0 Å². The number of hydrogen-bond donors (Lipinski definition) is 1. The largest absolute Gasteiger partial charge is 0.486 e. The molecule has 2 aromatic carbocycles. The maximum Gasteiger partial charge on any atom is 0.244 e. The second kappa shape index (κ2) is 9.42. The van der Waals surface area contributed by atoms with Crippen molar-refractivity contribution in [3.05, 3.63) is 60.4 Å². The van der Waals surface area contributed by atoms with E-state index in [1.807, 2.05) is 18.2 Å². The number of halogens is 4. The Morgan fingerprint density at radius 2 is 2.00 bits per heavy atom. The Morgan fingerprint density at radius 3 is 2.65 bits per heavy atom. The van der Waals surface area contributed by atoms with E-state index in [1.165, 1.54) is 12.8 Å². The first-order valence-corrected chi connectivity index (χ1v) is 12.5. The number of hydrazone groups is 1. The van der Waals surface area contributed by atoms with E-state index in [1.54, 1.807) is 18.3 Å². The van der Waals surface area contributed by atoms with Gasteiger partial charge in [-0.05, 0) is 85.9 Å². The Hall–Kier alpha value is -1.08. The molecule has 0 unspecified atom stereocenters. The van der Waals surface area contributed by atoms with E-state index in [2.05, 4.69) is 49.3 Å². The van der Waals surface area contributed by atoms with Crippen LogP contribution in [-0.4, -0.2) is 12.1 Å². The lowest BCUT2D eigenvalue weighted by Gasteiger charge is -2.15. The quantitative estimate of drug-likeness (QED) is 0.283.